The van der Waals surface area contributed by atoms with Gasteiger partial charge in [0.1, 0.15) is 7.85 Å². The van der Waals surface area contributed by atoms with Gasteiger partial charge in [-0.15, -0.1) is 0 Å². The van der Waals surface area contributed by atoms with Crippen molar-refractivity contribution in [2.45, 2.75) is 0 Å². The normalized spacial score (nSPS) is 10.9. The molecule has 2 aromatic heterocycles. The molecule has 4 nitrogen and oxygen atoms in total. The van der Waals surface area contributed by atoms with Gasteiger partial charge in [-0.1, -0.05) is 35.8 Å². The molecule has 0 aliphatic carbocycles. The largest absolute Gasteiger partial charge is 0.252 e. The summed E-state index contributed by atoms with van der Waals surface area (Å²) in [6.45, 7) is 0. The molecule has 22 heavy (non-hydrogen) atoms. The van der Waals surface area contributed by atoms with Crippen molar-refractivity contribution in [3.8, 4) is 16.9 Å². The molecule has 0 spiro atoms. The van der Waals surface area contributed by atoms with Crippen molar-refractivity contribution in [1.29, 1.82) is 0 Å². The summed E-state index contributed by atoms with van der Waals surface area (Å²) in [4.78, 5) is 9.06. The van der Waals surface area contributed by atoms with Gasteiger partial charge in [-0.3, -0.25) is 4.98 Å². The van der Waals surface area contributed by atoms with E-state index < -0.39 is 0 Å². The summed E-state index contributed by atoms with van der Waals surface area (Å²) < 4.78 is 1.75. The van der Waals surface area contributed by atoms with Gasteiger partial charge in [-0.25, -0.2) is 9.67 Å². The number of hydrogen-bond donors (Lipinski definition) is 0. The lowest BCUT2D eigenvalue weighted by Crippen LogP contribution is -2.12. The van der Waals surface area contributed by atoms with Gasteiger partial charge in [0, 0.05) is 11.8 Å². The van der Waals surface area contributed by atoms with Gasteiger partial charge in [0.2, 0.25) is 0 Å². The number of benzene rings is 2. The van der Waals surface area contributed by atoms with Gasteiger partial charge < -0.3 is 0 Å². The van der Waals surface area contributed by atoms with Crippen LogP contribution < -0.4 is 5.46 Å². The molecule has 0 saturated heterocycles. The highest BCUT2D eigenvalue weighted by atomic mass is 15.3. The predicted molar refractivity (Wildman–Crippen MR) is 87.5 cm³/mol. The zero-order valence-electron chi connectivity index (χ0n) is 11.7. The number of fused-ring (bicyclic) bond motifs is 1. The second-order valence-corrected chi connectivity index (χ2v) is 4.98. The zero-order valence-corrected chi connectivity index (χ0v) is 11.7. The first kappa shape index (κ1) is 12.8. The van der Waals surface area contributed by atoms with Gasteiger partial charge in [-0.2, -0.15) is 5.10 Å². The Kier molecular flexibility index (Phi) is 2.97. The van der Waals surface area contributed by atoms with Gasteiger partial charge in [0.05, 0.1) is 34.8 Å². The third-order valence-electron chi connectivity index (χ3n) is 3.51. The van der Waals surface area contributed by atoms with Gasteiger partial charge in [0.25, 0.3) is 0 Å². The first-order valence-electron chi connectivity index (χ1n) is 6.93. The van der Waals surface area contributed by atoms with Crippen LogP contribution in [0.2, 0.25) is 0 Å². The summed E-state index contributed by atoms with van der Waals surface area (Å²) in [6, 6.07) is 15.4. The van der Waals surface area contributed by atoms with E-state index in [1.165, 1.54) is 0 Å². The van der Waals surface area contributed by atoms with Crippen LogP contribution in [0.5, 0.6) is 0 Å². The lowest BCUT2D eigenvalue weighted by Gasteiger charge is -2.04. The number of aromatic nitrogens is 4. The molecule has 2 heterocycles. The first-order valence-corrected chi connectivity index (χ1v) is 6.93. The molecule has 4 aromatic rings. The maximum atomic E-state index is 5.99. The summed E-state index contributed by atoms with van der Waals surface area (Å²) in [5.74, 6) is 0. The first-order chi connectivity index (χ1) is 10.8. The van der Waals surface area contributed by atoms with Crippen LogP contribution in [0.3, 0.4) is 0 Å². The van der Waals surface area contributed by atoms with Crippen molar-refractivity contribution >= 4 is 24.3 Å². The fraction of sp³-hybridized carbons (Fsp3) is 0. The zero-order chi connectivity index (χ0) is 14.9. The van der Waals surface area contributed by atoms with Gasteiger partial charge >= 0.3 is 0 Å². The van der Waals surface area contributed by atoms with Crippen molar-refractivity contribution in [1.82, 2.24) is 19.7 Å². The molecular formula is C17H11BN4. The van der Waals surface area contributed by atoms with E-state index in [2.05, 4.69) is 15.1 Å². The Bertz CT molecular complexity index is 961. The van der Waals surface area contributed by atoms with Crippen LogP contribution in [0.15, 0.2) is 67.1 Å². The van der Waals surface area contributed by atoms with Gasteiger partial charge in [-0.05, 0) is 18.2 Å². The fourth-order valence-electron chi connectivity index (χ4n) is 2.38. The molecule has 4 rings (SSSR count). The van der Waals surface area contributed by atoms with E-state index in [1.807, 2.05) is 54.7 Å². The van der Waals surface area contributed by atoms with Crippen LogP contribution in [-0.2, 0) is 0 Å². The maximum absolute atomic E-state index is 5.99. The molecule has 2 aromatic carbocycles. The van der Waals surface area contributed by atoms with E-state index >= 15 is 0 Å². The molecule has 0 atom stereocenters. The van der Waals surface area contributed by atoms with E-state index in [1.54, 1.807) is 17.1 Å². The van der Waals surface area contributed by atoms with E-state index in [9.17, 15) is 0 Å². The van der Waals surface area contributed by atoms with Crippen LogP contribution in [0.4, 0.5) is 0 Å². The average molecular weight is 282 g/mol. The van der Waals surface area contributed by atoms with E-state index in [0.29, 0.717) is 5.46 Å². The average Bonchev–Trinajstić information content (AvgIpc) is 3.04. The second kappa shape index (κ2) is 5.11. The molecule has 5 heteroatoms. The van der Waals surface area contributed by atoms with Crippen molar-refractivity contribution in [3.63, 3.8) is 0 Å². The number of para-hydroxylation sites is 3. The molecule has 0 bridgehead atoms. The Hall–Kier alpha value is -2.95. The van der Waals surface area contributed by atoms with Crippen molar-refractivity contribution < 1.29 is 0 Å². The molecule has 0 aliphatic rings. The van der Waals surface area contributed by atoms with Crippen LogP contribution in [-0.4, -0.2) is 27.6 Å². The monoisotopic (exact) mass is 282 g/mol. The number of nitrogens with zero attached hydrogens (tertiary/aromatic N) is 4. The van der Waals surface area contributed by atoms with Crippen LogP contribution in [0, 0.1) is 0 Å². The fourth-order valence-corrected chi connectivity index (χ4v) is 2.38. The summed E-state index contributed by atoms with van der Waals surface area (Å²) in [7, 11) is 5.99. The van der Waals surface area contributed by atoms with E-state index in [-0.39, 0.29) is 0 Å². The molecule has 2 radical (unpaired) electrons. The molecule has 102 valence electrons. The molecule has 0 saturated carbocycles. The lowest BCUT2D eigenvalue weighted by molar-refractivity contribution is 0.886. The molecular weight excluding hydrogens is 271 g/mol. The Morgan fingerprint density at radius 1 is 0.864 bits per heavy atom. The Morgan fingerprint density at radius 3 is 2.50 bits per heavy atom. The molecule has 0 aliphatic heterocycles. The summed E-state index contributed by atoms with van der Waals surface area (Å²) >= 11 is 0. The summed E-state index contributed by atoms with van der Waals surface area (Å²) in [5, 5.41) is 4.37. The second-order valence-electron chi connectivity index (χ2n) is 4.98. The highest BCUT2D eigenvalue weighted by molar-refractivity contribution is 6.34. The topological polar surface area (TPSA) is 43.6 Å². The Balaban J connectivity index is 1.78. The van der Waals surface area contributed by atoms with Crippen molar-refractivity contribution in [3.05, 3.63) is 67.1 Å². The molecule has 0 fully saturated rings. The Morgan fingerprint density at radius 2 is 1.64 bits per heavy atom. The van der Waals surface area contributed by atoms with Crippen molar-refractivity contribution in [2.75, 3.05) is 0 Å². The predicted octanol–water partition coefficient (Wildman–Crippen LogP) is 2.28. The lowest BCUT2D eigenvalue weighted by atomic mass is 9.94. The van der Waals surface area contributed by atoms with Gasteiger partial charge in [0.15, 0.2) is 0 Å². The van der Waals surface area contributed by atoms with Crippen LogP contribution in [0.25, 0.3) is 28.0 Å². The van der Waals surface area contributed by atoms with Crippen LogP contribution in [0.1, 0.15) is 0 Å². The van der Waals surface area contributed by atoms with Crippen molar-refractivity contribution in [2.24, 2.45) is 0 Å². The SMILES string of the molecule is [B]c1ccccc1-n1cc(-c2cnc3ccccc3n2)cn1. The number of rotatable bonds is 2. The quantitative estimate of drug-likeness (QED) is 0.530. The summed E-state index contributed by atoms with van der Waals surface area (Å²) in [6.07, 6.45) is 5.44. The molecule has 0 unspecified atom stereocenters. The minimum Gasteiger partial charge on any atom is -0.252 e. The summed E-state index contributed by atoms with van der Waals surface area (Å²) in [5.41, 5.74) is 4.98. The van der Waals surface area contributed by atoms with E-state index in [0.717, 1.165) is 28.0 Å². The van der Waals surface area contributed by atoms with Crippen LogP contribution >= 0.6 is 0 Å². The highest BCUT2D eigenvalue weighted by Gasteiger charge is 2.07. The third-order valence-corrected chi connectivity index (χ3v) is 3.51. The standard InChI is InChI=1S/C17H11BN4/c18-13-5-1-4-8-17(13)22-11-12(9-20-22)16-10-19-14-6-2-3-7-15(14)21-16/h1-11H. The third kappa shape index (κ3) is 2.17. The highest BCUT2D eigenvalue weighted by Crippen LogP contribution is 2.19. The maximum Gasteiger partial charge on any atom is 0.116 e. The molecule has 0 amide bonds. The van der Waals surface area contributed by atoms with E-state index in [4.69, 9.17) is 7.85 Å². The minimum atomic E-state index is 0.682. The minimum absolute atomic E-state index is 0.682. The Labute approximate surface area is 128 Å². The smallest absolute Gasteiger partial charge is 0.116 e. The number of hydrogen-bond acceptors (Lipinski definition) is 3. The molecule has 0 N–H and O–H groups in total.